The molecule has 4 aliphatic heterocycles. The summed E-state index contributed by atoms with van der Waals surface area (Å²) in [7, 11) is 0. The third-order valence-electron chi connectivity index (χ3n) is 12.6. The van der Waals surface area contributed by atoms with E-state index >= 15 is 0 Å². The van der Waals surface area contributed by atoms with E-state index in [4.69, 9.17) is 23.2 Å². The molecule has 0 spiro atoms. The number of aromatic nitrogens is 4. The van der Waals surface area contributed by atoms with Gasteiger partial charge in [0, 0.05) is 44.7 Å². The van der Waals surface area contributed by atoms with Gasteiger partial charge in [0.05, 0.1) is 38.8 Å². The van der Waals surface area contributed by atoms with Gasteiger partial charge in [0.2, 0.25) is 11.8 Å². The fraction of sp³-hybridized carbons (Fsp3) is 0.463. The lowest BCUT2D eigenvalue weighted by Crippen LogP contribution is -2.54. The number of hydrogen-bond donors (Lipinski definition) is 3. The van der Waals surface area contributed by atoms with Crippen LogP contribution in [0.1, 0.15) is 88.5 Å². The van der Waals surface area contributed by atoms with Gasteiger partial charge in [0.25, 0.3) is 17.7 Å². The number of amides is 5. The van der Waals surface area contributed by atoms with Gasteiger partial charge in [-0.15, -0.1) is 0 Å². The van der Waals surface area contributed by atoms with E-state index < -0.39 is 23.8 Å². The molecular weight excluding hydrogens is 783 g/mol. The Morgan fingerprint density at radius 2 is 1.57 bits per heavy atom. The van der Waals surface area contributed by atoms with Gasteiger partial charge in [-0.2, -0.15) is 0 Å². The van der Waals surface area contributed by atoms with Crippen molar-refractivity contribution < 1.29 is 24.0 Å². The number of benzene rings is 2. The summed E-state index contributed by atoms with van der Waals surface area (Å²) in [4.78, 5) is 83.6. The van der Waals surface area contributed by atoms with E-state index in [1.165, 1.54) is 0 Å². The number of nitrogens with zero attached hydrogens (tertiary/aromatic N) is 7. The van der Waals surface area contributed by atoms with E-state index in [2.05, 4.69) is 45.3 Å². The highest BCUT2D eigenvalue weighted by atomic mass is 35.5. The summed E-state index contributed by atoms with van der Waals surface area (Å²) in [5.41, 5.74) is 3.23. The predicted octanol–water partition coefficient (Wildman–Crippen LogP) is 4.71. The van der Waals surface area contributed by atoms with Crippen LogP contribution in [-0.2, 0) is 9.59 Å². The van der Waals surface area contributed by atoms with Crippen molar-refractivity contribution in [2.24, 2.45) is 11.8 Å². The Bertz CT molecular complexity index is 2280. The largest absolute Gasteiger partial charge is 0.371 e. The molecular formula is C41H44Cl2N10O5. The van der Waals surface area contributed by atoms with Crippen LogP contribution < -0.4 is 20.9 Å². The van der Waals surface area contributed by atoms with Gasteiger partial charge in [-0.3, -0.25) is 34.2 Å². The predicted molar refractivity (Wildman–Crippen MR) is 217 cm³/mol. The molecule has 6 heterocycles. The van der Waals surface area contributed by atoms with E-state index in [0.717, 1.165) is 105 Å². The summed E-state index contributed by atoms with van der Waals surface area (Å²) in [6.07, 6.45) is 9.23. The highest BCUT2D eigenvalue weighted by Gasteiger charge is 2.46. The Morgan fingerprint density at radius 3 is 2.31 bits per heavy atom. The lowest BCUT2D eigenvalue weighted by molar-refractivity contribution is -0.136. The quantitative estimate of drug-likeness (QED) is 0.189. The molecule has 2 aromatic heterocycles. The lowest BCUT2D eigenvalue weighted by atomic mass is 9.86. The Balaban J connectivity index is 0.731. The van der Waals surface area contributed by atoms with Crippen molar-refractivity contribution in [1.82, 2.24) is 40.0 Å². The molecule has 1 unspecified atom stereocenters. The monoisotopic (exact) mass is 826 g/mol. The zero-order valence-corrected chi connectivity index (χ0v) is 33.3. The number of likely N-dealkylation sites (tertiary alicyclic amines) is 1. The van der Waals surface area contributed by atoms with Gasteiger partial charge in [0.15, 0.2) is 11.5 Å². The summed E-state index contributed by atoms with van der Waals surface area (Å²) in [6.45, 7) is 5.45. The zero-order chi connectivity index (χ0) is 40.1. The second kappa shape index (κ2) is 15.9. The molecule has 15 nitrogen and oxygen atoms in total. The number of carbonyl (C=O) groups excluding carboxylic acids is 5. The maximum absolute atomic E-state index is 13.6. The summed E-state index contributed by atoms with van der Waals surface area (Å²) in [6, 6.07) is 9.55. The van der Waals surface area contributed by atoms with Crippen LogP contribution in [0.4, 0.5) is 11.5 Å². The highest BCUT2D eigenvalue weighted by molar-refractivity contribution is 6.39. The molecule has 4 aromatic rings. The summed E-state index contributed by atoms with van der Waals surface area (Å²) in [5, 5.41) is 9.53. The van der Waals surface area contributed by atoms with Crippen molar-refractivity contribution in [3.05, 3.63) is 75.8 Å². The topological polar surface area (TPSA) is 175 Å². The van der Waals surface area contributed by atoms with Gasteiger partial charge in [-0.25, -0.2) is 15.0 Å². The van der Waals surface area contributed by atoms with E-state index in [1.807, 2.05) is 12.4 Å². The van der Waals surface area contributed by atoms with Crippen LogP contribution in [0.2, 0.25) is 10.0 Å². The molecule has 5 aliphatic rings. The number of anilines is 2. The van der Waals surface area contributed by atoms with Crippen molar-refractivity contribution in [2.45, 2.75) is 69.5 Å². The van der Waals surface area contributed by atoms with Crippen LogP contribution >= 0.6 is 23.2 Å². The maximum atomic E-state index is 13.6. The van der Waals surface area contributed by atoms with Crippen LogP contribution in [-0.4, -0.2) is 110 Å². The van der Waals surface area contributed by atoms with E-state index in [0.29, 0.717) is 38.6 Å². The number of rotatable bonds is 10. The Kier molecular flexibility index (Phi) is 10.5. The van der Waals surface area contributed by atoms with Crippen molar-refractivity contribution >= 4 is 75.4 Å². The Morgan fingerprint density at radius 1 is 0.845 bits per heavy atom. The van der Waals surface area contributed by atoms with Crippen molar-refractivity contribution in [3.63, 3.8) is 0 Å². The average molecular weight is 828 g/mol. The fourth-order valence-electron chi connectivity index (χ4n) is 9.25. The minimum atomic E-state index is -0.977. The molecule has 302 valence electrons. The Labute approximate surface area is 344 Å². The normalized spacial score (nSPS) is 23.2. The third kappa shape index (κ3) is 7.28. The number of carbonyl (C=O) groups is 5. The van der Waals surface area contributed by atoms with Gasteiger partial charge < -0.3 is 25.0 Å². The van der Waals surface area contributed by atoms with Crippen LogP contribution in [0.15, 0.2) is 49.1 Å². The number of imidazole rings is 1. The second-order valence-electron chi connectivity index (χ2n) is 16.1. The molecule has 4 fully saturated rings. The van der Waals surface area contributed by atoms with Crippen molar-refractivity contribution in [2.75, 3.05) is 49.5 Å². The minimum Gasteiger partial charge on any atom is -0.371 e. The van der Waals surface area contributed by atoms with Gasteiger partial charge in [0.1, 0.15) is 17.9 Å². The second-order valence-corrected chi connectivity index (χ2v) is 17.0. The molecule has 0 bridgehead atoms. The molecule has 1 aliphatic carbocycles. The molecule has 17 heteroatoms. The molecule has 1 atom stereocenters. The first-order chi connectivity index (χ1) is 28.1. The minimum absolute atomic E-state index is 0.00261. The maximum Gasteiger partial charge on any atom is 0.264 e. The molecule has 1 saturated carbocycles. The first-order valence-electron chi connectivity index (χ1n) is 20.1. The van der Waals surface area contributed by atoms with Crippen LogP contribution in [0, 0.1) is 11.8 Å². The van der Waals surface area contributed by atoms with Crippen molar-refractivity contribution in [3.8, 4) is 0 Å². The molecule has 2 aromatic carbocycles. The number of fused-ring (bicyclic) bond motifs is 2. The van der Waals surface area contributed by atoms with Crippen LogP contribution in [0.25, 0.3) is 11.2 Å². The SMILES string of the molecule is O=C1CCC(N2C(=O)c3cccc(N4CCC(CN5CCC(CNc6ncnc7c6ncn7C6CC(NC(=O)c7c(Cl)cccc7Cl)C6)CC5)CC4)c3C2=O)C(=O)N1. The molecule has 3 saturated heterocycles. The average Bonchev–Trinajstić information content (AvgIpc) is 3.74. The number of imide groups is 2. The van der Waals surface area contributed by atoms with Gasteiger partial charge in [-0.05, 0) is 94.1 Å². The Hall–Kier alpha value is -5.12. The highest BCUT2D eigenvalue weighted by Crippen LogP contribution is 2.38. The number of nitrogens with one attached hydrogen (secondary N) is 3. The smallest absolute Gasteiger partial charge is 0.264 e. The summed E-state index contributed by atoms with van der Waals surface area (Å²) < 4.78 is 2.07. The summed E-state index contributed by atoms with van der Waals surface area (Å²) in [5.74, 6) is -0.427. The molecule has 5 amide bonds. The van der Waals surface area contributed by atoms with Gasteiger partial charge >= 0.3 is 0 Å². The number of hydrogen-bond acceptors (Lipinski definition) is 11. The number of halogens is 2. The zero-order valence-electron chi connectivity index (χ0n) is 31.8. The van der Waals surface area contributed by atoms with E-state index in [9.17, 15) is 24.0 Å². The third-order valence-corrected chi connectivity index (χ3v) is 13.2. The summed E-state index contributed by atoms with van der Waals surface area (Å²) >= 11 is 12.5. The lowest BCUT2D eigenvalue weighted by Gasteiger charge is -2.38. The van der Waals surface area contributed by atoms with Crippen LogP contribution in [0.5, 0.6) is 0 Å². The van der Waals surface area contributed by atoms with Crippen LogP contribution in [0.3, 0.4) is 0 Å². The first kappa shape index (κ1) is 38.4. The van der Waals surface area contributed by atoms with E-state index in [1.54, 1.807) is 36.7 Å². The molecule has 9 rings (SSSR count). The number of piperidine rings is 3. The first-order valence-corrected chi connectivity index (χ1v) is 20.9. The standard InChI is InChI=1S/C41H44Cl2N10O5/c42-28-4-2-5-29(43)34(28)39(56)48-25-17-26(18-25)52-22-47-35-36(45-21-46-37(35)52)44-19-23-9-13-50(14-10-23)20-24-11-15-51(16-12-24)30-6-1-3-27-33(30)41(58)53(40(27)57)31-7-8-32(54)49-38(31)55/h1-6,21-26,31H,7-20H2,(H,48,56)(H,44,45,46)(H,49,54,55). The van der Waals surface area contributed by atoms with Crippen molar-refractivity contribution in [1.29, 1.82) is 0 Å². The fourth-order valence-corrected chi connectivity index (χ4v) is 9.82. The van der Waals surface area contributed by atoms with Gasteiger partial charge in [-0.1, -0.05) is 35.3 Å². The van der Waals surface area contributed by atoms with E-state index in [-0.39, 0.29) is 36.7 Å². The molecule has 3 N–H and O–H groups in total. The molecule has 58 heavy (non-hydrogen) atoms. The molecule has 0 radical (unpaired) electrons.